The van der Waals surface area contributed by atoms with Crippen molar-refractivity contribution in [3.05, 3.63) is 0 Å². The van der Waals surface area contributed by atoms with Crippen LogP contribution < -0.4 is 0 Å². The van der Waals surface area contributed by atoms with Gasteiger partial charge in [-0.25, -0.2) is 0 Å². The normalized spacial score (nSPS) is 12.1. The van der Waals surface area contributed by atoms with E-state index in [0.717, 1.165) is 75.5 Å². The average Bonchev–Trinajstić information content (AvgIpc) is 3.22. The Morgan fingerprint density at radius 1 is 0.279 bits per heavy atom. The molecule has 6 nitrogen and oxygen atoms in total. The van der Waals surface area contributed by atoms with E-state index in [-0.39, 0.29) is 31.1 Å². The highest BCUT2D eigenvalue weighted by atomic mass is 16.6. The fraction of sp³-hybridized carbons (Fsp3) is 0.945. The van der Waals surface area contributed by atoms with E-state index in [4.69, 9.17) is 14.2 Å². The van der Waals surface area contributed by atoms with Gasteiger partial charge in [-0.2, -0.15) is 0 Å². The van der Waals surface area contributed by atoms with Crippen molar-refractivity contribution in [2.45, 2.75) is 304 Å². The van der Waals surface area contributed by atoms with Crippen LogP contribution in [0.5, 0.6) is 0 Å². The van der Waals surface area contributed by atoms with E-state index in [1.807, 2.05) is 0 Å². The van der Waals surface area contributed by atoms with Gasteiger partial charge in [-0.15, -0.1) is 0 Å². The summed E-state index contributed by atoms with van der Waals surface area (Å²) in [6, 6.07) is 0. The molecule has 0 fully saturated rings. The summed E-state index contributed by atoms with van der Waals surface area (Å²) in [5, 5.41) is 0. The number of hydrogen-bond acceptors (Lipinski definition) is 6. The standard InChI is InChI=1S/C55H106O6/c1-49(2)41-35-29-23-17-12-8-7-9-14-20-26-32-38-44-53(56)59-47-52(48-60-54(57)45-39-33-27-22-16-19-25-31-37-43-51(5)6)61-55(58)46-40-34-28-21-15-11-10-13-18-24-30-36-42-50(3)4/h49-52H,7-48H2,1-6H3/t52-/m0/s1. The summed E-state index contributed by atoms with van der Waals surface area (Å²) in [4.78, 5) is 38.0. The SMILES string of the molecule is CC(C)CCCCCCCCCCCCCCCC(=O)OC[C@@H](COC(=O)CCCCCCCCCCCC(C)C)OC(=O)CCCCCCCCCCCCCCC(C)C. The number of carbonyl (C=O) groups is 3. The molecule has 0 aliphatic heterocycles. The molecule has 0 N–H and O–H groups in total. The van der Waals surface area contributed by atoms with Gasteiger partial charge < -0.3 is 14.2 Å². The van der Waals surface area contributed by atoms with Gasteiger partial charge in [0, 0.05) is 19.3 Å². The first kappa shape index (κ1) is 59.4. The summed E-state index contributed by atoms with van der Waals surface area (Å²) >= 11 is 0. The fourth-order valence-electron chi connectivity index (χ4n) is 8.29. The molecule has 0 heterocycles. The Hall–Kier alpha value is -1.59. The lowest BCUT2D eigenvalue weighted by molar-refractivity contribution is -0.167. The number of ether oxygens (including phenoxy) is 3. The maximum Gasteiger partial charge on any atom is 0.306 e. The van der Waals surface area contributed by atoms with Gasteiger partial charge in [-0.05, 0) is 37.0 Å². The molecule has 0 spiro atoms. The minimum Gasteiger partial charge on any atom is -0.462 e. The van der Waals surface area contributed by atoms with E-state index in [1.165, 1.54) is 180 Å². The molecule has 0 amide bonds. The van der Waals surface area contributed by atoms with Crippen molar-refractivity contribution < 1.29 is 28.6 Å². The summed E-state index contributed by atoms with van der Waals surface area (Å²) in [5.41, 5.74) is 0. The van der Waals surface area contributed by atoms with Gasteiger partial charge in [0.25, 0.3) is 0 Å². The second-order valence-electron chi connectivity index (χ2n) is 20.3. The van der Waals surface area contributed by atoms with E-state index in [0.29, 0.717) is 19.3 Å². The van der Waals surface area contributed by atoms with Crippen LogP contribution in [0.2, 0.25) is 0 Å². The van der Waals surface area contributed by atoms with Crippen LogP contribution in [-0.2, 0) is 28.6 Å². The Bertz CT molecular complexity index is 945. The monoisotopic (exact) mass is 863 g/mol. The molecule has 0 aromatic heterocycles. The molecule has 0 unspecified atom stereocenters. The lowest BCUT2D eigenvalue weighted by Gasteiger charge is -2.18. The third kappa shape index (κ3) is 49.3. The van der Waals surface area contributed by atoms with Gasteiger partial charge in [0.05, 0.1) is 0 Å². The third-order valence-corrected chi connectivity index (χ3v) is 12.4. The first-order chi connectivity index (χ1) is 29.6. The molecule has 0 saturated carbocycles. The molecule has 0 saturated heterocycles. The van der Waals surface area contributed by atoms with Crippen molar-refractivity contribution in [3.8, 4) is 0 Å². The number of carbonyl (C=O) groups excluding carboxylic acids is 3. The highest BCUT2D eigenvalue weighted by molar-refractivity contribution is 5.71. The molecular weight excluding hydrogens is 757 g/mol. The number of esters is 3. The molecule has 1 atom stereocenters. The Kier molecular flexibility index (Phi) is 45.2. The molecule has 6 heteroatoms. The van der Waals surface area contributed by atoms with Crippen LogP contribution in [0.15, 0.2) is 0 Å². The second kappa shape index (κ2) is 46.4. The van der Waals surface area contributed by atoms with Crippen LogP contribution in [0.3, 0.4) is 0 Å². The molecular formula is C55H106O6. The van der Waals surface area contributed by atoms with E-state index in [2.05, 4.69) is 41.5 Å². The Labute approximate surface area is 380 Å². The van der Waals surface area contributed by atoms with Crippen molar-refractivity contribution in [1.82, 2.24) is 0 Å². The van der Waals surface area contributed by atoms with Crippen molar-refractivity contribution in [2.24, 2.45) is 17.8 Å². The van der Waals surface area contributed by atoms with E-state index < -0.39 is 6.10 Å². The average molecular weight is 863 g/mol. The Morgan fingerprint density at radius 3 is 0.705 bits per heavy atom. The van der Waals surface area contributed by atoms with Crippen LogP contribution >= 0.6 is 0 Å². The first-order valence-corrected chi connectivity index (χ1v) is 27.1. The van der Waals surface area contributed by atoms with Crippen LogP contribution in [0.1, 0.15) is 298 Å². The van der Waals surface area contributed by atoms with Crippen LogP contribution in [0, 0.1) is 17.8 Å². The van der Waals surface area contributed by atoms with Gasteiger partial charge in [-0.1, -0.05) is 260 Å². The zero-order chi connectivity index (χ0) is 44.9. The predicted octanol–water partition coefficient (Wildman–Crippen LogP) is 17.6. The molecule has 362 valence electrons. The summed E-state index contributed by atoms with van der Waals surface area (Å²) in [6.45, 7) is 13.7. The van der Waals surface area contributed by atoms with E-state index in [9.17, 15) is 14.4 Å². The second-order valence-corrected chi connectivity index (χ2v) is 20.3. The maximum atomic E-state index is 12.8. The lowest BCUT2D eigenvalue weighted by atomic mass is 10.0. The van der Waals surface area contributed by atoms with Crippen molar-refractivity contribution in [1.29, 1.82) is 0 Å². The summed E-state index contributed by atoms with van der Waals surface area (Å²) < 4.78 is 16.8. The summed E-state index contributed by atoms with van der Waals surface area (Å²) in [7, 11) is 0. The van der Waals surface area contributed by atoms with E-state index in [1.54, 1.807) is 0 Å². The molecule has 0 aromatic carbocycles. The molecule has 0 radical (unpaired) electrons. The highest BCUT2D eigenvalue weighted by Crippen LogP contribution is 2.18. The van der Waals surface area contributed by atoms with Gasteiger partial charge in [0.1, 0.15) is 13.2 Å². The van der Waals surface area contributed by atoms with Gasteiger partial charge in [0.15, 0.2) is 6.10 Å². The molecule has 0 aliphatic rings. The Balaban J connectivity index is 4.31. The van der Waals surface area contributed by atoms with Crippen LogP contribution in [0.4, 0.5) is 0 Å². The molecule has 0 aliphatic carbocycles. The summed E-state index contributed by atoms with van der Waals surface area (Å²) in [5.74, 6) is 1.63. The first-order valence-electron chi connectivity index (χ1n) is 27.1. The minimum atomic E-state index is -0.763. The topological polar surface area (TPSA) is 78.9 Å². The number of rotatable bonds is 48. The predicted molar refractivity (Wildman–Crippen MR) is 261 cm³/mol. The highest BCUT2D eigenvalue weighted by Gasteiger charge is 2.19. The third-order valence-electron chi connectivity index (χ3n) is 12.4. The van der Waals surface area contributed by atoms with Gasteiger partial charge >= 0.3 is 17.9 Å². The molecule has 0 bridgehead atoms. The number of unbranched alkanes of at least 4 members (excludes halogenated alkanes) is 31. The largest absolute Gasteiger partial charge is 0.462 e. The maximum absolute atomic E-state index is 12.8. The van der Waals surface area contributed by atoms with Crippen molar-refractivity contribution >= 4 is 17.9 Å². The molecule has 0 rings (SSSR count). The zero-order valence-electron chi connectivity index (χ0n) is 42.0. The van der Waals surface area contributed by atoms with Crippen LogP contribution in [0.25, 0.3) is 0 Å². The fourth-order valence-corrected chi connectivity index (χ4v) is 8.29. The zero-order valence-corrected chi connectivity index (χ0v) is 42.0. The van der Waals surface area contributed by atoms with E-state index >= 15 is 0 Å². The molecule has 0 aromatic rings. The quantitative estimate of drug-likeness (QED) is 0.0344. The molecule has 61 heavy (non-hydrogen) atoms. The van der Waals surface area contributed by atoms with Gasteiger partial charge in [0.2, 0.25) is 0 Å². The smallest absolute Gasteiger partial charge is 0.306 e. The number of hydrogen-bond donors (Lipinski definition) is 0. The lowest BCUT2D eigenvalue weighted by Crippen LogP contribution is -2.30. The Morgan fingerprint density at radius 2 is 0.475 bits per heavy atom. The van der Waals surface area contributed by atoms with Gasteiger partial charge in [-0.3, -0.25) is 14.4 Å². The van der Waals surface area contributed by atoms with Crippen LogP contribution in [-0.4, -0.2) is 37.2 Å². The van der Waals surface area contributed by atoms with Crippen molar-refractivity contribution in [2.75, 3.05) is 13.2 Å². The summed E-state index contributed by atoms with van der Waals surface area (Å²) in [6.07, 6.45) is 46.6. The minimum absolute atomic E-state index is 0.0643. The van der Waals surface area contributed by atoms with Crippen molar-refractivity contribution in [3.63, 3.8) is 0 Å².